The van der Waals surface area contributed by atoms with Crippen LogP contribution in [0.25, 0.3) is 6.08 Å². The van der Waals surface area contributed by atoms with Crippen molar-refractivity contribution >= 4 is 52.2 Å². The van der Waals surface area contributed by atoms with Crippen molar-refractivity contribution in [2.75, 3.05) is 13.7 Å². The lowest BCUT2D eigenvalue weighted by Gasteiger charge is -2.13. The summed E-state index contributed by atoms with van der Waals surface area (Å²) in [5.41, 5.74) is 1.38. The molecule has 0 N–H and O–H groups in total. The molecular weight excluding hydrogens is 421 g/mol. The monoisotopic (exact) mass is 437 g/mol. The van der Waals surface area contributed by atoms with Gasteiger partial charge in [-0.15, -0.1) is 0 Å². The first-order chi connectivity index (χ1) is 13.4. The van der Waals surface area contributed by atoms with Gasteiger partial charge in [-0.2, -0.15) is 0 Å². The second kappa shape index (κ2) is 8.90. The molecule has 0 atom stereocenters. The Kier molecular flexibility index (Phi) is 6.54. The normalized spacial score (nSPS) is 15.4. The summed E-state index contributed by atoms with van der Waals surface area (Å²) in [4.78, 5) is 26.6. The molecule has 2 amide bonds. The molecule has 0 radical (unpaired) electrons. The molecule has 1 saturated heterocycles. The Morgan fingerprint density at radius 1 is 1.11 bits per heavy atom. The van der Waals surface area contributed by atoms with Gasteiger partial charge < -0.3 is 9.47 Å². The largest absolute Gasteiger partial charge is 0.493 e. The standard InChI is InChI=1S/C20H17Cl2NO4S/c1-3-27-16-7-4-12(8-17(16)26-2)9-18-19(24)23(20(25)28-18)11-13-5-6-14(21)10-15(13)22/h4-10H,3,11H2,1-2H3/b18-9-. The van der Waals surface area contributed by atoms with E-state index in [1.54, 1.807) is 49.6 Å². The maximum Gasteiger partial charge on any atom is 0.293 e. The van der Waals surface area contributed by atoms with E-state index >= 15 is 0 Å². The highest BCUT2D eigenvalue weighted by atomic mass is 35.5. The molecule has 0 aromatic heterocycles. The number of nitrogens with zero attached hydrogens (tertiary/aromatic N) is 1. The third kappa shape index (κ3) is 4.46. The molecule has 8 heteroatoms. The number of carbonyl (C=O) groups excluding carboxylic acids is 2. The first-order valence-corrected chi connectivity index (χ1v) is 10.00. The summed E-state index contributed by atoms with van der Waals surface area (Å²) in [6.07, 6.45) is 1.66. The number of ether oxygens (including phenoxy) is 2. The highest BCUT2D eigenvalue weighted by molar-refractivity contribution is 8.18. The van der Waals surface area contributed by atoms with Gasteiger partial charge in [-0.05, 0) is 60.2 Å². The van der Waals surface area contributed by atoms with E-state index in [4.69, 9.17) is 32.7 Å². The van der Waals surface area contributed by atoms with Crippen molar-refractivity contribution in [2.24, 2.45) is 0 Å². The van der Waals surface area contributed by atoms with Gasteiger partial charge in [0.2, 0.25) is 0 Å². The molecule has 2 aromatic rings. The molecule has 2 aromatic carbocycles. The van der Waals surface area contributed by atoms with Gasteiger partial charge in [-0.25, -0.2) is 0 Å². The predicted octanol–water partition coefficient (Wildman–Crippen LogP) is 5.64. The van der Waals surface area contributed by atoms with Gasteiger partial charge >= 0.3 is 0 Å². The molecule has 28 heavy (non-hydrogen) atoms. The number of imide groups is 1. The van der Waals surface area contributed by atoms with Gasteiger partial charge in [0.25, 0.3) is 11.1 Å². The van der Waals surface area contributed by atoms with E-state index in [0.29, 0.717) is 38.6 Å². The molecule has 0 saturated carbocycles. The molecule has 1 fully saturated rings. The van der Waals surface area contributed by atoms with Crippen molar-refractivity contribution in [1.29, 1.82) is 0 Å². The molecule has 0 aliphatic carbocycles. The highest BCUT2D eigenvalue weighted by Crippen LogP contribution is 2.36. The summed E-state index contributed by atoms with van der Waals surface area (Å²) in [6.45, 7) is 2.49. The minimum Gasteiger partial charge on any atom is -0.493 e. The molecular formula is C20H17Cl2NO4S. The van der Waals surface area contributed by atoms with Crippen molar-refractivity contribution in [3.05, 3.63) is 62.5 Å². The Bertz CT molecular complexity index is 961. The second-order valence-electron chi connectivity index (χ2n) is 5.85. The number of rotatable bonds is 6. The average molecular weight is 438 g/mol. The summed E-state index contributed by atoms with van der Waals surface area (Å²) >= 11 is 12.9. The number of halogens is 2. The Balaban J connectivity index is 1.83. The quantitative estimate of drug-likeness (QED) is 0.547. The van der Waals surface area contributed by atoms with Crippen molar-refractivity contribution in [2.45, 2.75) is 13.5 Å². The first kappa shape index (κ1) is 20.6. The van der Waals surface area contributed by atoms with Crippen LogP contribution in [0.4, 0.5) is 4.79 Å². The van der Waals surface area contributed by atoms with E-state index in [0.717, 1.165) is 22.2 Å². The van der Waals surface area contributed by atoms with Crippen LogP contribution in [0.2, 0.25) is 10.0 Å². The van der Waals surface area contributed by atoms with Crippen molar-refractivity contribution in [3.8, 4) is 11.5 Å². The molecule has 0 unspecified atom stereocenters. The molecule has 1 heterocycles. The van der Waals surface area contributed by atoms with Crippen LogP contribution in [0.3, 0.4) is 0 Å². The van der Waals surface area contributed by atoms with Crippen LogP contribution in [0.1, 0.15) is 18.1 Å². The molecule has 1 aliphatic heterocycles. The SMILES string of the molecule is CCOc1ccc(/C=C2\SC(=O)N(Cc3ccc(Cl)cc3Cl)C2=O)cc1OC. The zero-order valence-electron chi connectivity index (χ0n) is 15.2. The average Bonchev–Trinajstić information content (AvgIpc) is 2.92. The molecule has 1 aliphatic rings. The molecule has 0 spiro atoms. The van der Waals surface area contributed by atoms with Crippen LogP contribution >= 0.6 is 35.0 Å². The van der Waals surface area contributed by atoms with Crippen molar-refractivity contribution < 1.29 is 19.1 Å². The lowest BCUT2D eigenvalue weighted by molar-refractivity contribution is -0.123. The van der Waals surface area contributed by atoms with Crippen molar-refractivity contribution in [1.82, 2.24) is 4.90 Å². The molecule has 0 bridgehead atoms. The van der Waals surface area contributed by atoms with Crippen LogP contribution < -0.4 is 9.47 Å². The highest BCUT2D eigenvalue weighted by Gasteiger charge is 2.35. The smallest absolute Gasteiger partial charge is 0.293 e. The minimum atomic E-state index is -0.367. The topological polar surface area (TPSA) is 55.8 Å². The maximum atomic E-state index is 12.7. The predicted molar refractivity (Wildman–Crippen MR) is 112 cm³/mol. The number of hydrogen-bond donors (Lipinski definition) is 0. The summed E-state index contributed by atoms with van der Waals surface area (Å²) in [5.74, 6) is 0.810. The van der Waals surface area contributed by atoms with Crippen LogP contribution in [-0.2, 0) is 11.3 Å². The van der Waals surface area contributed by atoms with Crippen LogP contribution in [0.15, 0.2) is 41.3 Å². The number of carbonyl (C=O) groups is 2. The number of benzene rings is 2. The van der Waals surface area contributed by atoms with Crippen LogP contribution in [0, 0.1) is 0 Å². The lowest BCUT2D eigenvalue weighted by Crippen LogP contribution is -2.27. The van der Waals surface area contributed by atoms with E-state index in [1.807, 2.05) is 6.92 Å². The lowest BCUT2D eigenvalue weighted by atomic mass is 10.1. The number of thioether (sulfide) groups is 1. The van der Waals surface area contributed by atoms with Gasteiger partial charge in [0.15, 0.2) is 11.5 Å². The summed E-state index contributed by atoms with van der Waals surface area (Å²) in [6, 6.07) is 10.3. The Hall–Kier alpha value is -2.15. The van der Waals surface area contributed by atoms with E-state index in [-0.39, 0.29) is 17.7 Å². The Labute approximate surface area is 177 Å². The second-order valence-corrected chi connectivity index (χ2v) is 7.68. The Morgan fingerprint density at radius 3 is 2.57 bits per heavy atom. The van der Waals surface area contributed by atoms with Gasteiger partial charge in [0, 0.05) is 10.0 Å². The van der Waals surface area contributed by atoms with Crippen LogP contribution in [0.5, 0.6) is 11.5 Å². The summed E-state index contributed by atoms with van der Waals surface area (Å²) in [7, 11) is 1.55. The molecule has 3 rings (SSSR count). The van der Waals surface area contributed by atoms with Gasteiger partial charge in [-0.1, -0.05) is 35.3 Å². The van der Waals surface area contributed by atoms with E-state index in [2.05, 4.69) is 0 Å². The Morgan fingerprint density at radius 2 is 1.89 bits per heavy atom. The number of methoxy groups -OCH3 is 1. The minimum absolute atomic E-state index is 0.0879. The molecule has 146 valence electrons. The summed E-state index contributed by atoms with van der Waals surface area (Å²) < 4.78 is 10.8. The van der Waals surface area contributed by atoms with Crippen LogP contribution in [-0.4, -0.2) is 29.8 Å². The fraction of sp³-hybridized carbons (Fsp3) is 0.200. The fourth-order valence-corrected chi connectivity index (χ4v) is 3.96. The van der Waals surface area contributed by atoms with Gasteiger partial charge in [0.1, 0.15) is 0 Å². The fourth-order valence-electron chi connectivity index (χ4n) is 2.66. The maximum absolute atomic E-state index is 12.7. The zero-order chi connectivity index (χ0) is 20.3. The first-order valence-electron chi connectivity index (χ1n) is 8.43. The van der Waals surface area contributed by atoms with E-state index in [9.17, 15) is 9.59 Å². The third-order valence-corrected chi connectivity index (χ3v) is 5.50. The van der Waals surface area contributed by atoms with Gasteiger partial charge in [-0.3, -0.25) is 14.5 Å². The summed E-state index contributed by atoms with van der Waals surface area (Å²) in [5, 5.41) is 0.555. The third-order valence-electron chi connectivity index (χ3n) is 4.00. The van der Waals surface area contributed by atoms with Crippen molar-refractivity contribution in [3.63, 3.8) is 0 Å². The van der Waals surface area contributed by atoms with Gasteiger partial charge in [0.05, 0.1) is 25.2 Å². The zero-order valence-corrected chi connectivity index (χ0v) is 17.5. The number of amides is 2. The number of hydrogen-bond acceptors (Lipinski definition) is 5. The van der Waals surface area contributed by atoms with E-state index < -0.39 is 0 Å². The molecule has 5 nitrogen and oxygen atoms in total. The van der Waals surface area contributed by atoms with E-state index in [1.165, 1.54) is 0 Å².